The van der Waals surface area contributed by atoms with Crippen LogP contribution < -0.4 is 15.3 Å². The van der Waals surface area contributed by atoms with Gasteiger partial charge in [-0.05, 0) is 43.2 Å². The van der Waals surface area contributed by atoms with E-state index in [1.807, 2.05) is 0 Å². The van der Waals surface area contributed by atoms with Crippen LogP contribution in [0.4, 0.5) is 0 Å². The van der Waals surface area contributed by atoms with Crippen molar-refractivity contribution in [1.29, 1.82) is 0 Å². The average Bonchev–Trinajstić information content (AvgIpc) is 2.49. The van der Waals surface area contributed by atoms with E-state index in [-0.39, 0.29) is 7.92 Å². The summed E-state index contributed by atoms with van der Waals surface area (Å²) in [5, 5.41) is 3.93. The van der Waals surface area contributed by atoms with Crippen molar-refractivity contribution in [2.24, 2.45) is 0 Å². The smallest absolute Gasteiger partial charge is 0.118 e. The van der Waals surface area contributed by atoms with Crippen molar-refractivity contribution >= 4 is 34.5 Å². The monoisotopic (exact) mass is 336 g/mol. The maximum absolute atomic E-state index is 5.24. The second kappa shape index (κ2) is 7.67. The molecule has 0 spiro atoms. The van der Waals surface area contributed by atoms with E-state index in [0.717, 1.165) is 11.1 Å². The summed E-state index contributed by atoms with van der Waals surface area (Å²) in [5.41, 5.74) is 0. The zero-order valence-corrected chi connectivity index (χ0v) is 13.5. The van der Waals surface area contributed by atoms with Crippen molar-refractivity contribution in [3.05, 3.63) is 54.6 Å². The zero-order chi connectivity index (χ0) is 13.5. The number of methoxy groups -OCH3 is 1. The van der Waals surface area contributed by atoms with Crippen molar-refractivity contribution in [1.82, 2.24) is 0 Å². The van der Waals surface area contributed by atoms with Crippen LogP contribution in [0.3, 0.4) is 0 Å². The van der Waals surface area contributed by atoms with Gasteiger partial charge < -0.3 is 4.74 Å². The normalized spacial score (nSPS) is 12.1. The number of ether oxygens (including phenoxy) is 1. The molecule has 0 radical (unpaired) electrons. The summed E-state index contributed by atoms with van der Waals surface area (Å²) in [6.07, 6.45) is 2.42. The lowest BCUT2D eigenvalue weighted by atomic mass is 10.3. The molecule has 19 heavy (non-hydrogen) atoms. The van der Waals surface area contributed by atoms with Gasteiger partial charge in [-0.25, -0.2) is 0 Å². The largest absolute Gasteiger partial charge is 0.497 e. The molecular formula is C16H18BrOP. The number of alkyl halides is 1. The Morgan fingerprint density at radius 1 is 0.947 bits per heavy atom. The van der Waals surface area contributed by atoms with E-state index < -0.39 is 0 Å². The molecule has 0 saturated heterocycles. The van der Waals surface area contributed by atoms with Gasteiger partial charge >= 0.3 is 0 Å². The Labute approximate surface area is 124 Å². The third-order valence-corrected chi connectivity index (χ3v) is 6.13. The van der Waals surface area contributed by atoms with Crippen LogP contribution in [-0.4, -0.2) is 18.6 Å². The number of hydrogen-bond acceptors (Lipinski definition) is 1. The molecule has 3 heteroatoms. The quantitative estimate of drug-likeness (QED) is 0.574. The van der Waals surface area contributed by atoms with Crippen molar-refractivity contribution in [2.45, 2.75) is 6.42 Å². The second-order valence-corrected chi connectivity index (χ2v) is 7.36. The average molecular weight is 337 g/mol. The lowest BCUT2D eigenvalue weighted by Gasteiger charge is -2.18. The molecule has 2 aromatic carbocycles. The summed E-state index contributed by atoms with van der Waals surface area (Å²) < 4.78 is 5.24. The highest BCUT2D eigenvalue weighted by Crippen LogP contribution is 2.34. The first kappa shape index (κ1) is 14.6. The summed E-state index contributed by atoms with van der Waals surface area (Å²) in [4.78, 5) is 0. The van der Waals surface area contributed by atoms with Gasteiger partial charge in [-0.2, -0.15) is 0 Å². The van der Waals surface area contributed by atoms with Crippen LogP contribution in [0.15, 0.2) is 54.6 Å². The van der Waals surface area contributed by atoms with Gasteiger partial charge in [0, 0.05) is 5.33 Å². The predicted octanol–water partition coefficient (Wildman–Crippen LogP) is 3.91. The van der Waals surface area contributed by atoms with Crippen LogP contribution >= 0.6 is 23.9 Å². The van der Waals surface area contributed by atoms with E-state index in [0.29, 0.717) is 0 Å². The second-order valence-electron chi connectivity index (χ2n) is 4.23. The van der Waals surface area contributed by atoms with Gasteiger partial charge in [0.15, 0.2) is 0 Å². The van der Waals surface area contributed by atoms with Crippen LogP contribution in [0.1, 0.15) is 6.42 Å². The first-order chi connectivity index (χ1) is 9.35. The topological polar surface area (TPSA) is 9.23 Å². The van der Waals surface area contributed by atoms with Crippen LogP contribution in [0.2, 0.25) is 0 Å². The van der Waals surface area contributed by atoms with Crippen LogP contribution in [-0.2, 0) is 0 Å². The van der Waals surface area contributed by atoms with Gasteiger partial charge in [-0.3, -0.25) is 0 Å². The van der Waals surface area contributed by atoms with Gasteiger partial charge in [0.25, 0.3) is 0 Å². The number of hydrogen-bond donors (Lipinski definition) is 0. The molecule has 1 atom stereocenters. The number of benzene rings is 2. The standard InChI is InChI=1S/C16H18BrOP/c1-18-14-8-10-16(11-9-14)19(13-5-12-17)15-6-3-2-4-7-15/h2-4,6-11H,5,12-13H2,1H3. The fourth-order valence-electron chi connectivity index (χ4n) is 2.00. The molecule has 0 aliphatic carbocycles. The predicted molar refractivity (Wildman–Crippen MR) is 88.9 cm³/mol. The van der Waals surface area contributed by atoms with Crippen molar-refractivity contribution in [3.8, 4) is 5.75 Å². The highest BCUT2D eigenvalue weighted by atomic mass is 79.9. The Kier molecular flexibility index (Phi) is 5.88. The van der Waals surface area contributed by atoms with E-state index in [1.165, 1.54) is 23.2 Å². The summed E-state index contributed by atoms with van der Waals surface area (Å²) >= 11 is 3.54. The van der Waals surface area contributed by atoms with Crippen molar-refractivity contribution in [2.75, 3.05) is 18.6 Å². The minimum Gasteiger partial charge on any atom is -0.497 e. The molecule has 100 valence electrons. The summed E-state index contributed by atoms with van der Waals surface area (Å²) in [6.45, 7) is 0. The molecule has 2 rings (SSSR count). The third kappa shape index (κ3) is 4.06. The SMILES string of the molecule is COc1ccc(P(CCCBr)c2ccccc2)cc1. The molecule has 0 aromatic heterocycles. The Bertz CT molecular complexity index is 484. The van der Waals surface area contributed by atoms with Gasteiger partial charge in [-0.15, -0.1) is 0 Å². The first-order valence-electron chi connectivity index (χ1n) is 6.38. The van der Waals surface area contributed by atoms with E-state index in [9.17, 15) is 0 Å². The van der Waals surface area contributed by atoms with Crippen LogP contribution in [0, 0.1) is 0 Å². The fourth-order valence-corrected chi connectivity index (χ4v) is 5.04. The molecule has 0 bridgehead atoms. The first-order valence-corrected chi connectivity index (χ1v) is 9.02. The molecule has 2 aromatic rings. The summed E-state index contributed by atoms with van der Waals surface area (Å²) in [5.74, 6) is 0.923. The van der Waals surface area contributed by atoms with Gasteiger partial charge in [0.05, 0.1) is 7.11 Å². The molecule has 0 saturated carbocycles. The molecule has 0 heterocycles. The molecule has 1 unspecified atom stereocenters. The summed E-state index contributed by atoms with van der Waals surface area (Å²) in [7, 11) is 1.45. The number of halogens is 1. The lowest BCUT2D eigenvalue weighted by molar-refractivity contribution is 0.415. The maximum Gasteiger partial charge on any atom is 0.118 e. The minimum atomic E-state index is -0.260. The fraction of sp³-hybridized carbons (Fsp3) is 0.250. The summed E-state index contributed by atoms with van der Waals surface area (Å²) in [6, 6.07) is 19.3. The van der Waals surface area contributed by atoms with E-state index >= 15 is 0 Å². The molecule has 1 nitrogen and oxygen atoms in total. The third-order valence-electron chi connectivity index (χ3n) is 2.97. The molecule has 0 N–H and O–H groups in total. The Balaban J connectivity index is 2.26. The maximum atomic E-state index is 5.24. The van der Waals surface area contributed by atoms with E-state index in [2.05, 4.69) is 70.5 Å². The van der Waals surface area contributed by atoms with E-state index in [4.69, 9.17) is 4.74 Å². The zero-order valence-electron chi connectivity index (χ0n) is 11.1. The Morgan fingerprint density at radius 2 is 1.58 bits per heavy atom. The van der Waals surface area contributed by atoms with Gasteiger partial charge in [0.2, 0.25) is 0 Å². The highest BCUT2D eigenvalue weighted by Gasteiger charge is 2.12. The highest BCUT2D eigenvalue weighted by molar-refractivity contribution is 9.09. The van der Waals surface area contributed by atoms with E-state index in [1.54, 1.807) is 7.11 Å². The van der Waals surface area contributed by atoms with Crippen LogP contribution in [0.5, 0.6) is 5.75 Å². The molecule has 0 aliphatic rings. The molecule has 0 amide bonds. The Hall–Kier alpha value is -0.850. The molecule has 0 aliphatic heterocycles. The minimum absolute atomic E-state index is 0.260. The van der Waals surface area contributed by atoms with Gasteiger partial charge in [-0.1, -0.05) is 58.4 Å². The number of rotatable bonds is 6. The van der Waals surface area contributed by atoms with Gasteiger partial charge in [0.1, 0.15) is 5.75 Å². The molecular weight excluding hydrogens is 319 g/mol. The lowest BCUT2D eigenvalue weighted by Crippen LogP contribution is -2.14. The Morgan fingerprint density at radius 3 is 2.16 bits per heavy atom. The molecule has 0 fully saturated rings. The van der Waals surface area contributed by atoms with Crippen LogP contribution in [0.25, 0.3) is 0 Å². The van der Waals surface area contributed by atoms with Crippen molar-refractivity contribution in [3.63, 3.8) is 0 Å². The van der Waals surface area contributed by atoms with Crippen molar-refractivity contribution < 1.29 is 4.74 Å².